The van der Waals surface area contributed by atoms with Gasteiger partial charge in [0.05, 0.1) is 11.3 Å². The minimum absolute atomic E-state index is 0.103. The molecule has 1 aromatic carbocycles. The third-order valence-electron chi connectivity index (χ3n) is 3.57. The van der Waals surface area contributed by atoms with Crippen LogP contribution in [0.1, 0.15) is 30.9 Å². The lowest BCUT2D eigenvalue weighted by atomic mass is 10.0. The maximum atomic E-state index is 12.2. The van der Waals surface area contributed by atoms with Crippen LogP contribution in [0.15, 0.2) is 18.2 Å². The Bertz CT molecular complexity index is 519. The largest absolute Gasteiger partial charge is 0.324 e. The zero-order chi connectivity index (χ0) is 13.8. The SMILES string of the molecule is Cc1cccc(NC(=O)N2CCCC(C)C2)c1C#N. The molecule has 1 heterocycles. The van der Waals surface area contributed by atoms with E-state index in [-0.39, 0.29) is 6.03 Å². The number of nitriles is 1. The fourth-order valence-corrected chi connectivity index (χ4v) is 2.49. The molecule has 100 valence electrons. The Hall–Kier alpha value is -2.02. The van der Waals surface area contributed by atoms with E-state index >= 15 is 0 Å². The van der Waals surface area contributed by atoms with Crippen molar-refractivity contribution in [2.45, 2.75) is 26.7 Å². The van der Waals surface area contributed by atoms with Gasteiger partial charge in [0.15, 0.2) is 0 Å². The van der Waals surface area contributed by atoms with Crippen LogP contribution in [0, 0.1) is 24.2 Å². The number of nitrogens with zero attached hydrogens (tertiary/aromatic N) is 2. The molecule has 1 N–H and O–H groups in total. The molecule has 0 spiro atoms. The van der Waals surface area contributed by atoms with E-state index < -0.39 is 0 Å². The number of urea groups is 1. The minimum Gasteiger partial charge on any atom is -0.324 e. The molecular weight excluding hydrogens is 238 g/mol. The zero-order valence-corrected chi connectivity index (χ0v) is 11.4. The number of aryl methyl sites for hydroxylation is 1. The number of benzene rings is 1. The second-order valence-corrected chi connectivity index (χ2v) is 5.23. The predicted octanol–water partition coefficient (Wildman–Crippen LogP) is 3.13. The highest BCUT2D eigenvalue weighted by Crippen LogP contribution is 2.20. The maximum Gasteiger partial charge on any atom is 0.321 e. The first-order chi connectivity index (χ1) is 9.11. The summed E-state index contributed by atoms with van der Waals surface area (Å²) in [6.07, 6.45) is 2.23. The van der Waals surface area contributed by atoms with Crippen LogP contribution < -0.4 is 5.32 Å². The molecule has 4 heteroatoms. The van der Waals surface area contributed by atoms with Crippen molar-refractivity contribution in [3.05, 3.63) is 29.3 Å². The standard InChI is InChI=1S/C15H19N3O/c1-11-5-4-8-18(10-11)15(19)17-14-7-3-6-12(2)13(14)9-16/h3,6-7,11H,4-5,8,10H2,1-2H3,(H,17,19). The van der Waals surface area contributed by atoms with Crippen LogP contribution in [-0.2, 0) is 0 Å². The van der Waals surface area contributed by atoms with Gasteiger partial charge >= 0.3 is 6.03 Å². The molecule has 0 aliphatic carbocycles. The quantitative estimate of drug-likeness (QED) is 0.840. The number of rotatable bonds is 1. The molecule has 4 nitrogen and oxygen atoms in total. The van der Waals surface area contributed by atoms with E-state index in [9.17, 15) is 4.79 Å². The summed E-state index contributed by atoms with van der Waals surface area (Å²) in [5, 5.41) is 12.0. The first-order valence-electron chi connectivity index (χ1n) is 6.67. The summed E-state index contributed by atoms with van der Waals surface area (Å²) < 4.78 is 0. The van der Waals surface area contributed by atoms with E-state index in [0.29, 0.717) is 17.2 Å². The second kappa shape index (κ2) is 5.75. The van der Waals surface area contributed by atoms with E-state index in [1.165, 1.54) is 6.42 Å². The summed E-state index contributed by atoms with van der Waals surface area (Å²) in [7, 11) is 0. The molecule has 0 saturated carbocycles. The monoisotopic (exact) mass is 257 g/mol. The van der Waals surface area contributed by atoms with Crippen LogP contribution in [0.2, 0.25) is 0 Å². The highest BCUT2D eigenvalue weighted by molar-refractivity contribution is 5.91. The van der Waals surface area contributed by atoms with Gasteiger partial charge < -0.3 is 10.2 Å². The van der Waals surface area contributed by atoms with Crippen LogP contribution in [0.3, 0.4) is 0 Å². The van der Waals surface area contributed by atoms with Gasteiger partial charge in [-0.05, 0) is 37.3 Å². The molecule has 2 rings (SSSR count). The number of hydrogen-bond acceptors (Lipinski definition) is 2. The molecule has 0 aromatic heterocycles. The molecule has 2 amide bonds. The summed E-state index contributed by atoms with van der Waals surface area (Å²) in [4.78, 5) is 14.0. The summed E-state index contributed by atoms with van der Waals surface area (Å²) in [6, 6.07) is 7.54. The topological polar surface area (TPSA) is 56.1 Å². The van der Waals surface area contributed by atoms with Crippen molar-refractivity contribution in [1.29, 1.82) is 5.26 Å². The Balaban J connectivity index is 2.11. The van der Waals surface area contributed by atoms with Gasteiger partial charge in [-0.2, -0.15) is 5.26 Å². The predicted molar refractivity (Wildman–Crippen MR) is 74.9 cm³/mol. The molecule has 1 aromatic rings. The second-order valence-electron chi connectivity index (χ2n) is 5.23. The first kappa shape index (κ1) is 13.4. The number of piperidine rings is 1. The van der Waals surface area contributed by atoms with Crippen molar-refractivity contribution in [1.82, 2.24) is 4.90 Å². The number of anilines is 1. The molecule has 1 aliphatic heterocycles. The molecule has 1 aliphatic rings. The van der Waals surface area contributed by atoms with Gasteiger partial charge in [-0.15, -0.1) is 0 Å². The van der Waals surface area contributed by atoms with E-state index in [4.69, 9.17) is 5.26 Å². The number of amides is 2. The third-order valence-corrected chi connectivity index (χ3v) is 3.57. The Morgan fingerprint density at radius 3 is 3.00 bits per heavy atom. The van der Waals surface area contributed by atoms with Gasteiger partial charge in [0.25, 0.3) is 0 Å². The Morgan fingerprint density at radius 2 is 2.32 bits per heavy atom. The van der Waals surface area contributed by atoms with Crippen molar-refractivity contribution in [2.24, 2.45) is 5.92 Å². The lowest BCUT2D eigenvalue weighted by molar-refractivity contribution is 0.182. The van der Waals surface area contributed by atoms with E-state index in [1.54, 1.807) is 6.07 Å². The van der Waals surface area contributed by atoms with Gasteiger partial charge in [-0.25, -0.2) is 4.79 Å². The van der Waals surface area contributed by atoms with E-state index in [2.05, 4.69) is 18.3 Å². The summed E-state index contributed by atoms with van der Waals surface area (Å²) in [6.45, 7) is 5.62. The van der Waals surface area contributed by atoms with E-state index in [1.807, 2.05) is 24.0 Å². The third kappa shape index (κ3) is 3.05. The number of hydrogen-bond donors (Lipinski definition) is 1. The average Bonchev–Trinajstić information content (AvgIpc) is 2.39. The highest BCUT2D eigenvalue weighted by atomic mass is 16.2. The van der Waals surface area contributed by atoms with Crippen LogP contribution in [0.25, 0.3) is 0 Å². The molecule has 19 heavy (non-hydrogen) atoms. The highest BCUT2D eigenvalue weighted by Gasteiger charge is 2.21. The van der Waals surface area contributed by atoms with Gasteiger partial charge in [-0.1, -0.05) is 19.1 Å². The summed E-state index contributed by atoms with van der Waals surface area (Å²) >= 11 is 0. The van der Waals surface area contributed by atoms with Crippen molar-refractivity contribution < 1.29 is 4.79 Å². The van der Waals surface area contributed by atoms with Crippen molar-refractivity contribution >= 4 is 11.7 Å². The maximum absolute atomic E-state index is 12.2. The zero-order valence-electron chi connectivity index (χ0n) is 11.4. The summed E-state index contributed by atoms with van der Waals surface area (Å²) in [5.41, 5.74) is 2.03. The van der Waals surface area contributed by atoms with E-state index in [0.717, 1.165) is 25.1 Å². The molecule has 1 saturated heterocycles. The van der Waals surface area contributed by atoms with Gasteiger partial charge in [0.1, 0.15) is 6.07 Å². The normalized spacial score (nSPS) is 18.8. The van der Waals surface area contributed by atoms with Crippen molar-refractivity contribution in [2.75, 3.05) is 18.4 Å². The van der Waals surface area contributed by atoms with Gasteiger partial charge in [0, 0.05) is 13.1 Å². The Kier molecular flexibility index (Phi) is 4.06. The lowest BCUT2D eigenvalue weighted by Crippen LogP contribution is -2.41. The lowest BCUT2D eigenvalue weighted by Gasteiger charge is -2.31. The molecule has 0 radical (unpaired) electrons. The van der Waals surface area contributed by atoms with Gasteiger partial charge in [-0.3, -0.25) is 0 Å². The minimum atomic E-state index is -0.103. The average molecular weight is 257 g/mol. The number of carbonyl (C=O) groups is 1. The summed E-state index contributed by atoms with van der Waals surface area (Å²) in [5.74, 6) is 0.549. The Labute approximate surface area is 114 Å². The van der Waals surface area contributed by atoms with Crippen LogP contribution >= 0.6 is 0 Å². The van der Waals surface area contributed by atoms with Crippen LogP contribution in [0.4, 0.5) is 10.5 Å². The number of likely N-dealkylation sites (tertiary alicyclic amines) is 1. The molecular formula is C15H19N3O. The smallest absolute Gasteiger partial charge is 0.321 e. The number of carbonyl (C=O) groups excluding carboxylic acids is 1. The van der Waals surface area contributed by atoms with Crippen molar-refractivity contribution in [3.63, 3.8) is 0 Å². The first-order valence-corrected chi connectivity index (χ1v) is 6.67. The van der Waals surface area contributed by atoms with Crippen LogP contribution in [-0.4, -0.2) is 24.0 Å². The van der Waals surface area contributed by atoms with Gasteiger partial charge in [0.2, 0.25) is 0 Å². The molecule has 0 bridgehead atoms. The fourth-order valence-electron chi connectivity index (χ4n) is 2.49. The molecule has 1 atom stereocenters. The fraction of sp³-hybridized carbons (Fsp3) is 0.467. The number of nitrogens with one attached hydrogen (secondary N) is 1. The molecule has 1 fully saturated rings. The van der Waals surface area contributed by atoms with Crippen molar-refractivity contribution in [3.8, 4) is 6.07 Å². The van der Waals surface area contributed by atoms with Crippen LogP contribution in [0.5, 0.6) is 0 Å². The molecule has 1 unspecified atom stereocenters. The Morgan fingerprint density at radius 1 is 1.53 bits per heavy atom.